The van der Waals surface area contributed by atoms with E-state index in [1.54, 1.807) is 0 Å². The molecule has 0 radical (unpaired) electrons. The first kappa shape index (κ1) is 15.6. The van der Waals surface area contributed by atoms with E-state index in [0.717, 1.165) is 52.7 Å². The average molecular weight is 253 g/mol. The lowest BCUT2D eigenvalue weighted by atomic mass is 10.2. The summed E-state index contributed by atoms with van der Waals surface area (Å²) in [6, 6.07) is 0. The molecule has 2 heterocycles. The number of ether oxygens (including phenoxy) is 1. The number of carbonyl (C=O) groups excluding carboxylic acids is 1. The highest BCUT2D eigenvalue weighted by Crippen LogP contribution is 2.14. The molecule has 6 heteroatoms. The minimum Gasteiger partial charge on any atom is -0.400 e. The molecular formula is C10H21ClN2O3. The van der Waals surface area contributed by atoms with Gasteiger partial charge in [-0.3, -0.25) is 4.79 Å². The maximum absolute atomic E-state index is 11.8. The number of amides is 1. The van der Waals surface area contributed by atoms with Crippen LogP contribution in [0.15, 0.2) is 0 Å². The van der Waals surface area contributed by atoms with Gasteiger partial charge in [0.15, 0.2) is 0 Å². The average Bonchev–Trinajstić information content (AvgIpc) is 2.85. The van der Waals surface area contributed by atoms with Gasteiger partial charge in [-0.05, 0) is 12.8 Å². The van der Waals surface area contributed by atoms with Crippen molar-refractivity contribution < 1.29 is 14.6 Å². The molecule has 2 saturated heterocycles. The Morgan fingerprint density at radius 2 is 2.00 bits per heavy atom. The molecule has 5 nitrogen and oxygen atoms in total. The topological polar surface area (TPSA) is 61.8 Å². The summed E-state index contributed by atoms with van der Waals surface area (Å²) in [7, 11) is 1.00. The van der Waals surface area contributed by atoms with Crippen molar-refractivity contribution in [3.8, 4) is 0 Å². The van der Waals surface area contributed by atoms with Gasteiger partial charge in [0, 0.05) is 39.9 Å². The summed E-state index contributed by atoms with van der Waals surface area (Å²) >= 11 is 0. The summed E-state index contributed by atoms with van der Waals surface area (Å²) in [5.74, 6) is 0.194. The van der Waals surface area contributed by atoms with E-state index in [1.165, 1.54) is 0 Å². The van der Waals surface area contributed by atoms with Crippen LogP contribution in [0.4, 0.5) is 0 Å². The fourth-order valence-corrected chi connectivity index (χ4v) is 1.86. The van der Waals surface area contributed by atoms with Crippen molar-refractivity contribution in [1.29, 1.82) is 0 Å². The molecule has 0 aromatic carbocycles. The summed E-state index contributed by atoms with van der Waals surface area (Å²) < 4.78 is 5.36. The lowest BCUT2D eigenvalue weighted by molar-refractivity contribution is -0.141. The Balaban J connectivity index is 0.000000711. The van der Waals surface area contributed by atoms with Crippen LogP contribution in [-0.4, -0.2) is 61.9 Å². The summed E-state index contributed by atoms with van der Waals surface area (Å²) in [6.07, 6.45) is 1.80. The Morgan fingerprint density at radius 1 is 1.38 bits per heavy atom. The lowest BCUT2D eigenvalue weighted by Crippen LogP contribution is -2.49. The van der Waals surface area contributed by atoms with E-state index in [2.05, 4.69) is 5.32 Å². The van der Waals surface area contributed by atoms with Crippen molar-refractivity contribution in [3.63, 3.8) is 0 Å². The molecule has 0 aliphatic carbocycles. The zero-order chi connectivity index (χ0) is 11.1. The molecule has 2 aliphatic heterocycles. The number of halogens is 1. The van der Waals surface area contributed by atoms with Crippen molar-refractivity contribution in [2.24, 2.45) is 0 Å². The van der Waals surface area contributed by atoms with Gasteiger partial charge in [-0.2, -0.15) is 0 Å². The molecular weight excluding hydrogens is 232 g/mol. The van der Waals surface area contributed by atoms with Gasteiger partial charge in [0.25, 0.3) is 5.91 Å². The molecule has 0 aromatic heterocycles. The van der Waals surface area contributed by atoms with E-state index in [4.69, 9.17) is 9.84 Å². The van der Waals surface area contributed by atoms with Gasteiger partial charge in [0.2, 0.25) is 0 Å². The van der Waals surface area contributed by atoms with E-state index in [-0.39, 0.29) is 24.4 Å². The number of aliphatic hydroxyl groups excluding tert-OH is 1. The standard InChI is InChI=1S/C9H16N2O2.CH4O.ClH/c12-9(8-2-1-7-13-8)11-5-3-10-4-6-11;1-2;/h8,10H,1-7H2;2H,1H3;1H. The SMILES string of the molecule is CO.Cl.O=C(C1CCCO1)N1CCNCC1. The van der Waals surface area contributed by atoms with Gasteiger partial charge < -0.3 is 20.1 Å². The highest BCUT2D eigenvalue weighted by Gasteiger charge is 2.28. The Bertz CT molecular complexity index is 193. The van der Waals surface area contributed by atoms with E-state index in [1.807, 2.05) is 4.90 Å². The van der Waals surface area contributed by atoms with E-state index in [9.17, 15) is 4.79 Å². The molecule has 2 rings (SSSR count). The zero-order valence-corrected chi connectivity index (χ0v) is 10.5. The van der Waals surface area contributed by atoms with Crippen LogP contribution in [0.25, 0.3) is 0 Å². The Kier molecular flexibility index (Phi) is 8.56. The van der Waals surface area contributed by atoms with Gasteiger partial charge in [0.1, 0.15) is 6.10 Å². The largest absolute Gasteiger partial charge is 0.400 e. The third kappa shape index (κ3) is 4.25. The van der Waals surface area contributed by atoms with Crippen molar-refractivity contribution in [2.45, 2.75) is 18.9 Å². The fraction of sp³-hybridized carbons (Fsp3) is 0.900. The van der Waals surface area contributed by atoms with Crippen molar-refractivity contribution in [2.75, 3.05) is 39.9 Å². The number of hydrogen-bond donors (Lipinski definition) is 2. The lowest BCUT2D eigenvalue weighted by Gasteiger charge is -2.29. The summed E-state index contributed by atoms with van der Waals surface area (Å²) in [6.45, 7) is 4.25. The first-order valence-corrected chi connectivity index (χ1v) is 5.44. The fourth-order valence-electron chi connectivity index (χ4n) is 1.86. The first-order valence-electron chi connectivity index (χ1n) is 5.44. The van der Waals surface area contributed by atoms with Crippen LogP contribution in [0.2, 0.25) is 0 Å². The third-order valence-electron chi connectivity index (χ3n) is 2.63. The first-order chi connectivity index (χ1) is 7.38. The molecule has 1 amide bonds. The normalized spacial score (nSPS) is 24.1. The van der Waals surface area contributed by atoms with Crippen LogP contribution < -0.4 is 5.32 Å². The summed E-state index contributed by atoms with van der Waals surface area (Å²) in [5.41, 5.74) is 0. The van der Waals surface area contributed by atoms with Crippen molar-refractivity contribution in [3.05, 3.63) is 0 Å². The second kappa shape index (κ2) is 8.75. The number of aliphatic hydroxyl groups is 1. The predicted molar refractivity (Wildman–Crippen MR) is 63.8 cm³/mol. The van der Waals surface area contributed by atoms with Crippen molar-refractivity contribution >= 4 is 18.3 Å². The molecule has 2 N–H and O–H groups in total. The molecule has 96 valence electrons. The molecule has 1 atom stereocenters. The summed E-state index contributed by atoms with van der Waals surface area (Å²) in [4.78, 5) is 13.7. The predicted octanol–water partition coefficient (Wildman–Crippen LogP) is -0.372. The maximum atomic E-state index is 11.8. The van der Waals surface area contributed by atoms with Gasteiger partial charge in [-0.15, -0.1) is 12.4 Å². The molecule has 1 unspecified atom stereocenters. The molecule has 0 spiro atoms. The minimum atomic E-state index is -0.141. The molecule has 0 saturated carbocycles. The van der Waals surface area contributed by atoms with Crippen LogP contribution >= 0.6 is 12.4 Å². The molecule has 16 heavy (non-hydrogen) atoms. The van der Waals surface area contributed by atoms with Gasteiger partial charge in [-0.1, -0.05) is 0 Å². The van der Waals surface area contributed by atoms with E-state index in [0.29, 0.717) is 0 Å². The number of hydrogen-bond acceptors (Lipinski definition) is 4. The van der Waals surface area contributed by atoms with Crippen molar-refractivity contribution in [1.82, 2.24) is 10.2 Å². The Morgan fingerprint density at radius 3 is 2.50 bits per heavy atom. The summed E-state index contributed by atoms with van der Waals surface area (Å²) in [5, 5.41) is 10.2. The van der Waals surface area contributed by atoms with Crippen LogP contribution in [-0.2, 0) is 9.53 Å². The Hall–Kier alpha value is -0.360. The quantitative estimate of drug-likeness (QED) is 0.669. The highest BCUT2D eigenvalue weighted by molar-refractivity contribution is 5.85. The van der Waals surface area contributed by atoms with Gasteiger partial charge >= 0.3 is 0 Å². The van der Waals surface area contributed by atoms with E-state index >= 15 is 0 Å². The minimum absolute atomic E-state index is 0. The Labute approximate surface area is 103 Å². The molecule has 2 fully saturated rings. The molecule has 2 aliphatic rings. The molecule has 0 bridgehead atoms. The number of nitrogens with one attached hydrogen (secondary N) is 1. The van der Waals surface area contributed by atoms with Crippen LogP contribution in [0.1, 0.15) is 12.8 Å². The second-order valence-corrected chi connectivity index (χ2v) is 3.58. The van der Waals surface area contributed by atoms with Gasteiger partial charge in [0.05, 0.1) is 0 Å². The van der Waals surface area contributed by atoms with Crippen LogP contribution in [0, 0.1) is 0 Å². The maximum Gasteiger partial charge on any atom is 0.251 e. The number of rotatable bonds is 1. The van der Waals surface area contributed by atoms with E-state index < -0.39 is 0 Å². The zero-order valence-electron chi connectivity index (χ0n) is 9.65. The molecule has 0 aromatic rings. The van der Waals surface area contributed by atoms with Crippen LogP contribution in [0.5, 0.6) is 0 Å². The number of carbonyl (C=O) groups is 1. The third-order valence-corrected chi connectivity index (χ3v) is 2.63. The number of piperazine rings is 1. The monoisotopic (exact) mass is 252 g/mol. The number of nitrogens with zero attached hydrogens (tertiary/aromatic N) is 1. The van der Waals surface area contributed by atoms with Gasteiger partial charge in [-0.25, -0.2) is 0 Å². The van der Waals surface area contributed by atoms with Crippen LogP contribution in [0.3, 0.4) is 0 Å². The smallest absolute Gasteiger partial charge is 0.251 e. The second-order valence-electron chi connectivity index (χ2n) is 3.58. The highest BCUT2D eigenvalue weighted by atomic mass is 35.5.